The van der Waals surface area contributed by atoms with Gasteiger partial charge in [0, 0.05) is 6.20 Å². The number of nitrogens with one attached hydrogen (secondary N) is 2. The zero-order valence-corrected chi connectivity index (χ0v) is 13.4. The molecule has 0 saturated carbocycles. The number of rotatable bonds is 7. The number of ether oxygens (including phenoxy) is 1. The van der Waals surface area contributed by atoms with Crippen molar-refractivity contribution in [1.29, 1.82) is 0 Å². The van der Waals surface area contributed by atoms with Crippen molar-refractivity contribution in [2.75, 3.05) is 25.5 Å². The molecule has 0 aliphatic carbocycles. The molecule has 0 saturated heterocycles. The molecule has 0 radical (unpaired) electrons. The van der Waals surface area contributed by atoms with Crippen molar-refractivity contribution >= 4 is 15.8 Å². The Morgan fingerprint density at radius 3 is 2.59 bits per heavy atom. The quantitative estimate of drug-likeness (QED) is 0.760. The van der Waals surface area contributed by atoms with Crippen LogP contribution in [-0.4, -0.2) is 33.6 Å². The minimum atomic E-state index is -3.45. The van der Waals surface area contributed by atoms with E-state index in [0.29, 0.717) is 19.0 Å². The molecule has 2 aromatic rings. The Hall–Kier alpha value is -2.12. The third kappa shape index (κ3) is 4.19. The molecule has 1 aromatic heterocycles. The van der Waals surface area contributed by atoms with Crippen LogP contribution in [0.2, 0.25) is 0 Å². The van der Waals surface area contributed by atoms with Crippen molar-refractivity contribution in [1.82, 2.24) is 9.71 Å². The van der Waals surface area contributed by atoms with Crippen molar-refractivity contribution in [2.24, 2.45) is 0 Å². The van der Waals surface area contributed by atoms with Gasteiger partial charge < -0.3 is 10.1 Å². The average Bonchev–Trinajstić information content (AvgIpc) is 2.53. The highest BCUT2D eigenvalue weighted by molar-refractivity contribution is 7.89. The Balaban J connectivity index is 1.84. The molecule has 0 aliphatic rings. The summed E-state index contributed by atoms with van der Waals surface area (Å²) in [5.74, 6) is 1.45. The van der Waals surface area contributed by atoms with E-state index in [-0.39, 0.29) is 4.90 Å². The Morgan fingerprint density at radius 2 is 1.95 bits per heavy atom. The van der Waals surface area contributed by atoms with Gasteiger partial charge in [0.1, 0.15) is 23.1 Å². The molecule has 22 heavy (non-hydrogen) atoms. The summed E-state index contributed by atoms with van der Waals surface area (Å²) in [4.78, 5) is 4.21. The number of pyridine rings is 1. The van der Waals surface area contributed by atoms with Crippen LogP contribution in [-0.2, 0) is 10.0 Å². The highest BCUT2D eigenvalue weighted by Crippen LogP contribution is 2.16. The van der Waals surface area contributed by atoms with E-state index in [4.69, 9.17) is 4.74 Å². The summed E-state index contributed by atoms with van der Waals surface area (Å²) in [6.45, 7) is 3.05. The van der Waals surface area contributed by atoms with Crippen LogP contribution in [0.4, 0.5) is 5.82 Å². The van der Waals surface area contributed by atoms with Crippen LogP contribution in [0, 0.1) is 6.92 Å². The van der Waals surface area contributed by atoms with Gasteiger partial charge in [-0.05, 0) is 37.7 Å². The van der Waals surface area contributed by atoms with Crippen molar-refractivity contribution in [3.63, 3.8) is 0 Å². The van der Waals surface area contributed by atoms with E-state index in [9.17, 15) is 8.42 Å². The zero-order valence-electron chi connectivity index (χ0n) is 12.5. The maximum atomic E-state index is 11.6. The van der Waals surface area contributed by atoms with Gasteiger partial charge in [-0.1, -0.05) is 18.2 Å². The highest BCUT2D eigenvalue weighted by Gasteiger charge is 2.11. The summed E-state index contributed by atoms with van der Waals surface area (Å²) in [6, 6.07) is 10.9. The number of hydrogen-bond acceptors (Lipinski definition) is 5. The van der Waals surface area contributed by atoms with Crippen LogP contribution in [0.15, 0.2) is 47.5 Å². The van der Waals surface area contributed by atoms with Gasteiger partial charge in [0.25, 0.3) is 0 Å². The third-order valence-corrected chi connectivity index (χ3v) is 4.47. The number of anilines is 1. The highest BCUT2D eigenvalue weighted by atomic mass is 32.2. The van der Waals surface area contributed by atoms with Gasteiger partial charge in [0.2, 0.25) is 10.0 Å². The van der Waals surface area contributed by atoms with Gasteiger partial charge in [-0.3, -0.25) is 0 Å². The Kier molecular flexibility index (Phi) is 5.35. The molecule has 0 amide bonds. The predicted octanol–water partition coefficient (Wildman–Crippen LogP) is 1.79. The second-order valence-electron chi connectivity index (χ2n) is 4.63. The largest absolute Gasteiger partial charge is 0.491 e. The first kappa shape index (κ1) is 16.3. The van der Waals surface area contributed by atoms with Crippen molar-refractivity contribution in [3.05, 3.63) is 48.2 Å². The van der Waals surface area contributed by atoms with E-state index in [1.807, 2.05) is 31.2 Å². The molecule has 2 N–H and O–H groups in total. The summed E-state index contributed by atoms with van der Waals surface area (Å²) < 4.78 is 31.0. The molecule has 2 rings (SSSR count). The number of hydrogen-bond donors (Lipinski definition) is 2. The number of aromatic nitrogens is 1. The Bertz CT molecular complexity index is 715. The van der Waals surface area contributed by atoms with E-state index in [0.717, 1.165) is 11.3 Å². The van der Waals surface area contributed by atoms with Crippen LogP contribution in [0.1, 0.15) is 5.56 Å². The van der Waals surface area contributed by atoms with E-state index >= 15 is 0 Å². The standard InChI is InChI=1S/C15H19N3O3S/c1-12-5-3-4-6-14(12)21-10-9-17-15-8-7-13(11-18-15)22(19,20)16-2/h3-8,11,16H,9-10H2,1-2H3,(H,17,18). The number of nitrogens with zero attached hydrogens (tertiary/aromatic N) is 1. The van der Waals surface area contributed by atoms with E-state index in [1.54, 1.807) is 6.07 Å². The molecule has 0 unspecified atom stereocenters. The summed E-state index contributed by atoms with van der Waals surface area (Å²) in [5.41, 5.74) is 1.09. The maximum absolute atomic E-state index is 11.6. The first-order valence-electron chi connectivity index (χ1n) is 6.85. The normalized spacial score (nSPS) is 11.2. The maximum Gasteiger partial charge on any atom is 0.241 e. The lowest BCUT2D eigenvalue weighted by Crippen LogP contribution is -2.19. The van der Waals surface area contributed by atoms with Crippen molar-refractivity contribution < 1.29 is 13.2 Å². The third-order valence-electron chi connectivity index (χ3n) is 3.07. The number of aryl methyl sites for hydroxylation is 1. The second-order valence-corrected chi connectivity index (χ2v) is 6.51. The summed E-state index contributed by atoms with van der Waals surface area (Å²) >= 11 is 0. The molecule has 0 atom stereocenters. The van der Waals surface area contributed by atoms with E-state index < -0.39 is 10.0 Å². The van der Waals surface area contributed by atoms with Crippen molar-refractivity contribution in [3.8, 4) is 5.75 Å². The minimum Gasteiger partial charge on any atom is -0.491 e. The van der Waals surface area contributed by atoms with Gasteiger partial charge in [-0.15, -0.1) is 0 Å². The molecular formula is C15H19N3O3S. The van der Waals surface area contributed by atoms with Gasteiger partial charge >= 0.3 is 0 Å². The van der Waals surface area contributed by atoms with Gasteiger partial charge in [-0.25, -0.2) is 18.1 Å². The smallest absolute Gasteiger partial charge is 0.241 e. The molecule has 0 spiro atoms. The summed E-state index contributed by atoms with van der Waals surface area (Å²) in [5, 5.41) is 3.08. The fourth-order valence-corrected chi connectivity index (χ4v) is 2.49. The topological polar surface area (TPSA) is 80.3 Å². The lowest BCUT2D eigenvalue weighted by Gasteiger charge is -2.10. The molecule has 118 valence electrons. The van der Waals surface area contributed by atoms with E-state index in [1.165, 1.54) is 19.3 Å². The molecule has 1 aromatic carbocycles. The summed E-state index contributed by atoms with van der Waals surface area (Å²) in [7, 11) is -2.08. The second kappa shape index (κ2) is 7.24. The molecule has 0 fully saturated rings. The zero-order chi connectivity index (χ0) is 16.0. The molecule has 6 nitrogen and oxygen atoms in total. The Morgan fingerprint density at radius 1 is 1.18 bits per heavy atom. The van der Waals surface area contributed by atoms with Crippen LogP contribution in [0.3, 0.4) is 0 Å². The van der Waals surface area contributed by atoms with Crippen LogP contribution < -0.4 is 14.8 Å². The number of sulfonamides is 1. The van der Waals surface area contributed by atoms with Crippen LogP contribution in [0.5, 0.6) is 5.75 Å². The fraction of sp³-hybridized carbons (Fsp3) is 0.267. The van der Waals surface area contributed by atoms with Crippen LogP contribution in [0.25, 0.3) is 0 Å². The molecular weight excluding hydrogens is 302 g/mol. The van der Waals surface area contributed by atoms with Gasteiger partial charge in [0.05, 0.1) is 6.54 Å². The number of para-hydroxylation sites is 1. The molecule has 1 heterocycles. The van der Waals surface area contributed by atoms with Gasteiger partial charge in [-0.2, -0.15) is 0 Å². The molecule has 0 aliphatic heterocycles. The van der Waals surface area contributed by atoms with E-state index in [2.05, 4.69) is 15.0 Å². The fourth-order valence-electron chi connectivity index (χ4n) is 1.82. The molecule has 0 bridgehead atoms. The monoisotopic (exact) mass is 321 g/mol. The van der Waals surface area contributed by atoms with Crippen molar-refractivity contribution in [2.45, 2.75) is 11.8 Å². The summed E-state index contributed by atoms with van der Waals surface area (Å²) in [6.07, 6.45) is 1.32. The minimum absolute atomic E-state index is 0.136. The van der Waals surface area contributed by atoms with Gasteiger partial charge in [0.15, 0.2) is 0 Å². The lowest BCUT2D eigenvalue weighted by atomic mass is 10.2. The number of benzene rings is 1. The average molecular weight is 321 g/mol. The van der Waals surface area contributed by atoms with Crippen LogP contribution >= 0.6 is 0 Å². The lowest BCUT2D eigenvalue weighted by molar-refractivity contribution is 0.330. The SMILES string of the molecule is CNS(=O)(=O)c1ccc(NCCOc2ccccc2C)nc1. The first-order valence-corrected chi connectivity index (χ1v) is 8.33. The Labute approximate surface area is 130 Å². The first-order chi connectivity index (χ1) is 10.5. The molecule has 7 heteroatoms. The predicted molar refractivity (Wildman–Crippen MR) is 85.6 cm³/mol.